The van der Waals surface area contributed by atoms with Crippen LogP contribution >= 0.6 is 69.6 Å². The molecule has 1 aromatic heterocycles. The van der Waals surface area contributed by atoms with Gasteiger partial charge in [0.1, 0.15) is 6.07 Å². The fourth-order valence-corrected chi connectivity index (χ4v) is 3.08. The van der Waals surface area contributed by atoms with Gasteiger partial charge in [0.25, 0.3) is 0 Å². The van der Waals surface area contributed by atoms with Gasteiger partial charge in [-0.25, -0.2) is 4.98 Å². The van der Waals surface area contributed by atoms with Crippen molar-refractivity contribution in [1.29, 1.82) is 5.26 Å². The Bertz CT molecular complexity index is 722. The summed E-state index contributed by atoms with van der Waals surface area (Å²) in [6, 6.07) is 3.35. The summed E-state index contributed by atoms with van der Waals surface area (Å²) in [7, 11) is 0. The molecule has 0 radical (unpaired) electrons. The average molecular weight is 387 g/mol. The zero-order valence-electron chi connectivity index (χ0n) is 9.32. The van der Waals surface area contributed by atoms with E-state index in [1.165, 1.54) is 12.3 Å². The van der Waals surface area contributed by atoms with Gasteiger partial charge < -0.3 is 0 Å². The van der Waals surface area contributed by atoms with Gasteiger partial charge in [-0.3, -0.25) is 0 Å². The highest BCUT2D eigenvalue weighted by Crippen LogP contribution is 2.48. The second-order valence-electron chi connectivity index (χ2n) is 3.61. The standard InChI is InChI=1S/C12H2Cl6N2/c13-5-1-4(3-20-6(5)2-19)7-8(14)10(16)12(18)11(17)9(7)15/h1,3H. The molecule has 8 heteroatoms. The predicted octanol–water partition coefficient (Wildman–Crippen LogP) is 6.54. The molecule has 0 fully saturated rings. The number of benzene rings is 1. The minimum atomic E-state index is 0.0692. The van der Waals surface area contributed by atoms with Gasteiger partial charge in [0, 0.05) is 17.3 Å². The third kappa shape index (κ3) is 2.67. The molecule has 0 atom stereocenters. The van der Waals surface area contributed by atoms with Crippen molar-refractivity contribution in [2.45, 2.75) is 0 Å². The Morgan fingerprint density at radius 1 is 0.850 bits per heavy atom. The van der Waals surface area contributed by atoms with Crippen LogP contribution in [0.25, 0.3) is 11.1 Å². The predicted molar refractivity (Wildman–Crippen MR) is 84.4 cm³/mol. The zero-order valence-corrected chi connectivity index (χ0v) is 13.9. The highest BCUT2D eigenvalue weighted by Gasteiger charge is 2.21. The Balaban J connectivity index is 2.77. The van der Waals surface area contributed by atoms with Crippen molar-refractivity contribution in [2.24, 2.45) is 0 Å². The minimum absolute atomic E-state index is 0.0692. The maximum atomic E-state index is 8.80. The van der Waals surface area contributed by atoms with Crippen LogP contribution in [0.1, 0.15) is 5.69 Å². The number of halogens is 6. The molecule has 0 unspecified atom stereocenters. The molecule has 0 saturated carbocycles. The molecule has 2 nitrogen and oxygen atoms in total. The number of hydrogen-bond acceptors (Lipinski definition) is 2. The van der Waals surface area contributed by atoms with Crippen molar-refractivity contribution in [3.63, 3.8) is 0 Å². The molecule has 2 aromatic rings. The third-order valence-electron chi connectivity index (χ3n) is 2.45. The first-order valence-electron chi connectivity index (χ1n) is 4.96. The minimum Gasteiger partial charge on any atom is -0.243 e. The van der Waals surface area contributed by atoms with Crippen molar-refractivity contribution in [1.82, 2.24) is 4.98 Å². The Morgan fingerprint density at radius 3 is 1.80 bits per heavy atom. The lowest BCUT2D eigenvalue weighted by Gasteiger charge is -2.12. The van der Waals surface area contributed by atoms with Gasteiger partial charge in [-0.15, -0.1) is 0 Å². The molecule has 1 aromatic carbocycles. The van der Waals surface area contributed by atoms with Crippen molar-refractivity contribution in [2.75, 3.05) is 0 Å². The topological polar surface area (TPSA) is 36.7 Å². The molecular formula is C12H2Cl6N2. The summed E-state index contributed by atoms with van der Waals surface area (Å²) in [5.74, 6) is 0. The van der Waals surface area contributed by atoms with Crippen LogP contribution in [0.2, 0.25) is 30.1 Å². The molecule has 20 heavy (non-hydrogen) atoms. The maximum Gasteiger partial charge on any atom is 0.159 e. The van der Waals surface area contributed by atoms with Crippen LogP contribution in [0.5, 0.6) is 0 Å². The summed E-state index contributed by atoms with van der Waals surface area (Å²) < 4.78 is 0. The van der Waals surface area contributed by atoms with E-state index in [4.69, 9.17) is 74.9 Å². The molecule has 0 saturated heterocycles. The van der Waals surface area contributed by atoms with Gasteiger partial charge in [-0.05, 0) is 6.07 Å². The van der Waals surface area contributed by atoms with E-state index in [2.05, 4.69) is 4.98 Å². The summed E-state index contributed by atoms with van der Waals surface area (Å²) in [6.07, 6.45) is 1.40. The third-order valence-corrected chi connectivity index (χ3v) is 5.01. The Hall–Kier alpha value is -0.400. The van der Waals surface area contributed by atoms with Crippen LogP contribution in [0.15, 0.2) is 12.3 Å². The Labute approximate surface area is 144 Å². The van der Waals surface area contributed by atoms with Gasteiger partial charge in [0.2, 0.25) is 0 Å². The van der Waals surface area contributed by atoms with Crippen molar-refractivity contribution < 1.29 is 0 Å². The lowest BCUT2D eigenvalue weighted by molar-refractivity contribution is 1.26. The van der Waals surface area contributed by atoms with E-state index >= 15 is 0 Å². The van der Waals surface area contributed by atoms with Crippen molar-refractivity contribution >= 4 is 69.6 Å². The molecule has 0 spiro atoms. The lowest BCUT2D eigenvalue weighted by atomic mass is 10.1. The molecule has 0 N–H and O–H groups in total. The molecular weight excluding hydrogens is 385 g/mol. The number of hydrogen-bond donors (Lipinski definition) is 0. The summed E-state index contributed by atoms with van der Waals surface area (Å²) in [5.41, 5.74) is 0.921. The summed E-state index contributed by atoms with van der Waals surface area (Å²) >= 11 is 36.1. The van der Waals surface area contributed by atoms with E-state index in [0.717, 1.165) is 0 Å². The number of aromatic nitrogens is 1. The molecule has 1 heterocycles. The molecule has 0 amide bonds. The van der Waals surface area contributed by atoms with Crippen molar-refractivity contribution in [3.05, 3.63) is 48.1 Å². The van der Waals surface area contributed by atoms with Gasteiger partial charge in [0.05, 0.1) is 30.1 Å². The maximum absolute atomic E-state index is 8.80. The number of rotatable bonds is 1. The van der Waals surface area contributed by atoms with Crippen LogP contribution in [0.3, 0.4) is 0 Å². The number of nitriles is 1. The highest BCUT2D eigenvalue weighted by molar-refractivity contribution is 6.56. The van der Waals surface area contributed by atoms with Gasteiger partial charge in [-0.1, -0.05) is 69.6 Å². The van der Waals surface area contributed by atoms with Gasteiger partial charge in [0.15, 0.2) is 5.69 Å². The summed E-state index contributed by atoms with van der Waals surface area (Å²) in [4.78, 5) is 3.91. The molecule has 0 aliphatic heterocycles. The Kier molecular flexibility index (Phi) is 4.92. The lowest BCUT2D eigenvalue weighted by Crippen LogP contribution is -1.90. The van der Waals surface area contributed by atoms with Gasteiger partial charge in [-0.2, -0.15) is 5.26 Å². The van der Waals surface area contributed by atoms with E-state index in [9.17, 15) is 0 Å². The van der Waals surface area contributed by atoms with Crippen LogP contribution < -0.4 is 0 Å². The van der Waals surface area contributed by atoms with Crippen LogP contribution in [-0.2, 0) is 0 Å². The van der Waals surface area contributed by atoms with Crippen LogP contribution in [-0.4, -0.2) is 4.98 Å². The monoisotopic (exact) mass is 384 g/mol. The summed E-state index contributed by atoms with van der Waals surface area (Å²) in [5, 5.41) is 9.47. The molecule has 102 valence electrons. The number of pyridine rings is 1. The molecule has 2 rings (SSSR count). The van der Waals surface area contributed by atoms with Crippen molar-refractivity contribution in [3.8, 4) is 17.2 Å². The zero-order chi connectivity index (χ0) is 15.0. The van der Waals surface area contributed by atoms with E-state index < -0.39 is 0 Å². The van der Waals surface area contributed by atoms with E-state index in [0.29, 0.717) is 11.1 Å². The van der Waals surface area contributed by atoms with E-state index in [1.54, 1.807) is 0 Å². The van der Waals surface area contributed by atoms with Crippen LogP contribution in [0, 0.1) is 11.3 Å². The first kappa shape index (κ1) is 16.0. The van der Waals surface area contributed by atoms with E-state index in [1.807, 2.05) is 6.07 Å². The smallest absolute Gasteiger partial charge is 0.159 e. The largest absolute Gasteiger partial charge is 0.243 e. The first-order valence-corrected chi connectivity index (χ1v) is 7.22. The average Bonchev–Trinajstić information content (AvgIpc) is 2.43. The molecule has 0 bridgehead atoms. The normalized spacial score (nSPS) is 10.4. The fraction of sp³-hybridized carbons (Fsp3) is 0. The number of nitrogens with zero attached hydrogens (tertiary/aromatic N) is 2. The fourth-order valence-electron chi connectivity index (χ4n) is 1.52. The quantitative estimate of drug-likeness (QED) is 0.412. The van der Waals surface area contributed by atoms with Gasteiger partial charge >= 0.3 is 0 Å². The summed E-state index contributed by atoms with van der Waals surface area (Å²) in [6.45, 7) is 0. The Morgan fingerprint density at radius 2 is 1.35 bits per heavy atom. The second-order valence-corrected chi connectivity index (χ2v) is 5.91. The molecule has 0 aliphatic rings. The molecule has 0 aliphatic carbocycles. The first-order chi connectivity index (χ1) is 9.38. The second kappa shape index (κ2) is 6.15. The van der Waals surface area contributed by atoms with Crippen LogP contribution in [0.4, 0.5) is 0 Å². The SMILES string of the molecule is N#Cc1ncc(-c2c(Cl)c(Cl)c(Cl)c(Cl)c2Cl)cc1Cl. The highest BCUT2D eigenvalue weighted by atomic mass is 35.5. The van der Waals surface area contributed by atoms with E-state index in [-0.39, 0.29) is 35.8 Å².